The van der Waals surface area contributed by atoms with Crippen molar-refractivity contribution in [2.75, 3.05) is 18.8 Å². The molecule has 0 radical (unpaired) electrons. The maximum Gasteiger partial charge on any atom is 0.133 e. The van der Waals surface area contributed by atoms with Gasteiger partial charge in [-0.3, -0.25) is 9.69 Å². The molecule has 0 aromatic rings. The molecule has 0 aromatic heterocycles. The van der Waals surface area contributed by atoms with E-state index in [-0.39, 0.29) is 0 Å². The number of ketones is 1. The Morgan fingerprint density at radius 3 is 2.80 bits per heavy atom. The van der Waals surface area contributed by atoms with Crippen molar-refractivity contribution in [1.82, 2.24) is 4.90 Å². The quantitative estimate of drug-likeness (QED) is 0.722. The fraction of sp³-hybridized carbons (Fsp3) is 0.917. The zero-order chi connectivity index (χ0) is 10.7. The average Bonchev–Trinajstić information content (AvgIpc) is 2.30. The second-order valence-corrected chi connectivity index (χ2v) is 6.07. The number of carbonyl (C=O) groups excluding carboxylic acids is 1. The molecule has 2 rings (SSSR count). The van der Waals surface area contributed by atoms with E-state index in [1.807, 2.05) is 0 Å². The first-order valence-corrected chi connectivity index (χ1v) is 7.22. The first-order chi connectivity index (χ1) is 7.29. The third-order valence-corrected chi connectivity index (χ3v) is 5.03. The molecule has 1 atom stereocenters. The lowest BCUT2D eigenvalue weighted by molar-refractivity contribution is -0.121. The summed E-state index contributed by atoms with van der Waals surface area (Å²) in [4.78, 5) is 13.8. The van der Waals surface area contributed by atoms with Crippen LogP contribution in [-0.4, -0.2) is 40.8 Å². The molecular weight excluding hydrogens is 206 g/mol. The molecule has 0 spiro atoms. The summed E-state index contributed by atoms with van der Waals surface area (Å²) in [5, 5.41) is 0.830. The molecule has 1 saturated carbocycles. The Morgan fingerprint density at radius 2 is 2.13 bits per heavy atom. The van der Waals surface area contributed by atoms with E-state index in [2.05, 4.69) is 23.6 Å². The van der Waals surface area contributed by atoms with E-state index >= 15 is 0 Å². The summed E-state index contributed by atoms with van der Waals surface area (Å²) in [5.41, 5.74) is 0. The van der Waals surface area contributed by atoms with Gasteiger partial charge in [0.15, 0.2) is 0 Å². The fourth-order valence-corrected chi connectivity index (χ4v) is 3.82. The van der Waals surface area contributed by atoms with Crippen LogP contribution in [0, 0.1) is 0 Å². The van der Waals surface area contributed by atoms with Crippen LogP contribution in [0.4, 0.5) is 0 Å². The number of nitrogens with zero attached hydrogens (tertiary/aromatic N) is 1. The summed E-state index contributed by atoms with van der Waals surface area (Å²) in [7, 11) is 0. The van der Waals surface area contributed by atoms with E-state index < -0.39 is 0 Å². The molecule has 0 amide bonds. The highest BCUT2D eigenvalue weighted by Gasteiger charge is 2.28. The van der Waals surface area contributed by atoms with Gasteiger partial charge in [-0.25, -0.2) is 0 Å². The predicted octanol–water partition coefficient (Wildman–Crippen LogP) is 2.33. The van der Waals surface area contributed by atoms with Gasteiger partial charge >= 0.3 is 0 Å². The third-order valence-electron chi connectivity index (χ3n) is 3.65. The van der Waals surface area contributed by atoms with Crippen LogP contribution in [-0.2, 0) is 4.79 Å². The SMILES string of the molecule is CCC1CN(C2CCC(=O)CC2)CCS1. The van der Waals surface area contributed by atoms with Crippen LogP contribution in [0.5, 0.6) is 0 Å². The first-order valence-electron chi connectivity index (χ1n) is 6.17. The van der Waals surface area contributed by atoms with E-state index in [1.54, 1.807) is 0 Å². The van der Waals surface area contributed by atoms with E-state index in [1.165, 1.54) is 25.3 Å². The Hall–Kier alpha value is -0.0200. The Balaban J connectivity index is 1.84. The van der Waals surface area contributed by atoms with E-state index in [0.717, 1.165) is 30.9 Å². The largest absolute Gasteiger partial charge is 0.300 e. The molecule has 1 aliphatic heterocycles. The summed E-state index contributed by atoms with van der Waals surface area (Å²) in [5.74, 6) is 1.76. The topological polar surface area (TPSA) is 20.3 Å². The zero-order valence-corrected chi connectivity index (χ0v) is 10.4. The number of hydrogen-bond donors (Lipinski definition) is 0. The maximum atomic E-state index is 11.2. The molecule has 2 aliphatic rings. The smallest absolute Gasteiger partial charge is 0.133 e. The molecule has 1 saturated heterocycles. The van der Waals surface area contributed by atoms with Gasteiger partial charge in [0.25, 0.3) is 0 Å². The Labute approximate surface area is 96.8 Å². The lowest BCUT2D eigenvalue weighted by Crippen LogP contribution is -2.45. The summed E-state index contributed by atoms with van der Waals surface area (Å²) in [6, 6.07) is 0.706. The van der Waals surface area contributed by atoms with Crippen LogP contribution in [0.25, 0.3) is 0 Å². The molecule has 15 heavy (non-hydrogen) atoms. The summed E-state index contributed by atoms with van der Waals surface area (Å²) < 4.78 is 0. The Kier molecular flexibility index (Phi) is 4.09. The number of Topliss-reactive ketones (excluding diaryl/α,β-unsaturated/α-hetero) is 1. The molecule has 2 nitrogen and oxygen atoms in total. The summed E-state index contributed by atoms with van der Waals surface area (Å²) in [6.07, 6.45) is 5.16. The van der Waals surface area contributed by atoms with Gasteiger partial charge in [-0.1, -0.05) is 6.92 Å². The van der Waals surface area contributed by atoms with Gasteiger partial charge in [-0.2, -0.15) is 11.8 Å². The Bertz CT molecular complexity index is 222. The van der Waals surface area contributed by atoms with Gasteiger partial charge in [0, 0.05) is 43.0 Å². The number of thioether (sulfide) groups is 1. The number of carbonyl (C=O) groups is 1. The van der Waals surface area contributed by atoms with Crippen LogP contribution in [0.3, 0.4) is 0 Å². The van der Waals surface area contributed by atoms with Crippen LogP contribution < -0.4 is 0 Å². The van der Waals surface area contributed by atoms with Gasteiger partial charge in [-0.05, 0) is 19.3 Å². The number of rotatable bonds is 2. The molecule has 3 heteroatoms. The van der Waals surface area contributed by atoms with Crippen molar-refractivity contribution in [2.24, 2.45) is 0 Å². The van der Waals surface area contributed by atoms with Gasteiger partial charge in [0.1, 0.15) is 5.78 Å². The molecule has 0 bridgehead atoms. The molecule has 1 aliphatic carbocycles. The molecular formula is C12H21NOS. The minimum Gasteiger partial charge on any atom is -0.300 e. The fourth-order valence-electron chi connectivity index (χ4n) is 2.61. The maximum absolute atomic E-state index is 11.2. The highest BCUT2D eigenvalue weighted by atomic mass is 32.2. The first kappa shape index (κ1) is 11.5. The summed E-state index contributed by atoms with van der Waals surface area (Å²) in [6.45, 7) is 4.77. The molecule has 0 aromatic carbocycles. The van der Waals surface area contributed by atoms with Crippen molar-refractivity contribution in [3.05, 3.63) is 0 Å². The van der Waals surface area contributed by atoms with Crippen LogP contribution in [0.1, 0.15) is 39.0 Å². The standard InChI is InChI=1S/C12H21NOS/c1-2-12-9-13(7-8-15-12)10-3-5-11(14)6-4-10/h10,12H,2-9H2,1H3. The van der Waals surface area contributed by atoms with Gasteiger partial charge in [0.05, 0.1) is 0 Å². The second kappa shape index (κ2) is 5.35. The van der Waals surface area contributed by atoms with Crippen molar-refractivity contribution >= 4 is 17.5 Å². The van der Waals surface area contributed by atoms with Gasteiger partial charge in [0.2, 0.25) is 0 Å². The molecule has 0 N–H and O–H groups in total. The monoisotopic (exact) mass is 227 g/mol. The van der Waals surface area contributed by atoms with Crippen molar-refractivity contribution in [3.8, 4) is 0 Å². The van der Waals surface area contributed by atoms with Gasteiger partial charge in [-0.15, -0.1) is 0 Å². The highest BCUT2D eigenvalue weighted by molar-refractivity contribution is 8.00. The lowest BCUT2D eigenvalue weighted by Gasteiger charge is -2.39. The number of hydrogen-bond acceptors (Lipinski definition) is 3. The molecule has 1 unspecified atom stereocenters. The Morgan fingerprint density at radius 1 is 1.40 bits per heavy atom. The van der Waals surface area contributed by atoms with Crippen molar-refractivity contribution in [2.45, 2.75) is 50.3 Å². The zero-order valence-electron chi connectivity index (χ0n) is 9.58. The van der Waals surface area contributed by atoms with Crippen LogP contribution in [0.15, 0.2) is 0 Å². The molecule has 1 heterocycles. The predicted molar refractivity (Wildman–Crippen MR) is 65.4 cm³/mol. The minimum atomic E-state index is 0.477. The second-order valence-electron chi connectivity index (χ2n) is 4.67. The normalized spacial score (nSPS) is 30.7. The average molecular weight is 227 g/mol. The van der Waals surface area contributed by atoms with Crippen LogP contribution >= 0.6 is 11.8 Å². The molecule has 86 valence electrons. The van der Waals surface area contributed by atoms with E-state index in [4.69, 9.17) is 0 Å². The third kappa shape index (κ3) is 2.97. The molecule has 2 fully saturated rings. The van der Waals surface area contributed by atoms with E-state index in [0.29, 0.717) is 11.8 Å². The van der Waals surface area contributed by atoms with Crippen LogP contribution in [0.2, 0.25) is 0 Å². The van der Waals surface area contributed by atoms with Crippen molar-refractivity contribution in [3.63, 3.8) is 0 Å². The highest BCUT2D eigenvalue weighted by Crippen LogP contribution is 2.27. The summed E-state index contributed by atoms with van der Waals surface area (Å²) >= 11 is 2.12. The van der Waals surface area contributed by atoms with Crippen molar-refractivity contribution in [1.29, 1.82) is 0 Å². The van der Waals surface area contributed by atoms with Gasteiger partial charge < -0.3 is 0 Å². The minimum absolute atomic E-state index is 0.477. The van der Waals surface area contributed by atoms with Crippen molar-refractivity contribution < 1.29 is 4.79 Å². The lowest BCUT2D eigenvalue weighted by atomic mass is 9.93. The van der Waals surface area contributed by atoms with E-state index in [9.17, 15) is 4.79 Å².